The van der Waals surface area contributed by atoms with E-state index in [9.17, 15) is 14.4 Å². The molecule has 4 aromatic rings. The van der Waals surface area contributed by atoms with Crippen molar-refractivity contribution < 1.29 is 18.8 Å². The first-order chi connectivity index (χ1) is 15.6. The van der Waals surface area contributed by atoms with E-state index in [4.69, 9.17) is 4.74 Å². The highest BCUT2D eigenvalue weighted by molar-refractivity contribution is 6.05. The maximum Gasteiger partial charge on any atom is 0.439 e. The maximum atomic E-state index is 12.9. The minimum Gasteiger partial charge on any atom is -0.454 e. The van der Waals surface area contributed by atoms with E-state index in [1.54, 1.807) is 42.5 Å². The molecular formula is C24H17N3O5. The lowest BCUT2D eigenvalue weighted by Crippen LogP contribution is -2.23. The van der Waals surface area contributed by atoms with Crippen LogP contribution in [-0.2, 0) is 11.2 Å². The number of carbonyl (C=O) groups excluding carboxylic acids is 2. The molecule has 3 aromatic carbocycles. The van der Waals surface area contributed by atoms with Crippen LogP contribution >= 0.6 is 0 Å². The minimum atomic E-state index is -0.657. The number of benzene rings is 3. The van der Waals surface area contributed by atoms with E-state index < -0.39 is 17.8 Å². The van der Waals surface area contributed by atoms with E-state index in [1.807, 2.05) is 30.3 Å². The Hall–Kier alpha value is -4.46. The number of carbonyl (C=O) groups is 2. The lowest BCUT2D eigenvalue weighted by molar-refractivity contribution is 0.0252. The summed E-state index contributed by atoms with van der Waals surface area (Å²) in [5.41, 5.74) is 3.67. The number of aromatic amines is 1. The van der Waals surface area contributed by atoms with Crippen LogP contribution in [0.5, 0.6) is 0 Å². The van der Waals surface area contributed by atoms with E-state index in [0.717, 1.165) is 11.1 Å². The number of rotatable bonds is 4. The Kier molecular flexibility index (Phi) is 4.87. The molecule has 1 unspecified atom stereocenters. The molecule has 0 aliphatic carbocycles. The Morgan fingerprint density at radius 2 is 1.84 bits per heavy atom. The number of nitrogens with zero attached hydrogens (tertiary/aromatic N) is 1. The Balaban J connectivity index is 1.38. The molecule has 0 saturated heterocycles. The first kappa shape index (κ1) is 19.5. The Labute approximate surface area is 181 Å². The van der Waals surface area contributed by atoms with Gasteiger partial charge in [0.15, 0.2) is 5.82 Å². The summed E-state index contributed by atoms with van der Waals surface area (Å²) in [5.74, 6) is -1.11. The van der Waals surface area contributed by atoms with E-state index in [2.05, 4.69) is 20.0 Å². The van der Waals surface area contributed by atoms with Gasteiger partial charge >= 0.3 is 11.7 Å². The van der Waals surface area contributed by atoms with Crippen LogP contribution in [0.1, 0.15) is 37.9 Å². The van der Waals surface area contributed by atoms with E-state index >= 15 is 0 Å². The van der Waals surface area contributed by atoms with Crippen LogP contribution in [0.4, 0.5) is 5.69 Å². The molecule has 1 aliphatic rings. The second-order valence-corrected chi connectivity index (χ2v) is 7.36. The topological polar surface area (TPSA) is 114 Å². The molecular weight excluding hydrogens is 410 g/mol. The molecule has 0 spiro atoms. The van der Waals surface area contributed by atoms with Gasteiger partial charge in [-0.25, -0.2) is 9.59 Å². The third kappa shape index (κ3) is 3.81. The quantitative estimate of drug-likeness (QED) is 0.480. The normalized spacial score (nSPS) is 15.0. The lowest BCUT2D eigenvalue weighted by atomic mass is 9.93. The van der Waals surface area contributed by atoms with Crippen LogP contribution in [0.2, 0.25) is 0 Å². The fourth-order valence-corrected chi connectivity index (χ4v) is 3.69. The number of cyclic esters (lactones) is 1. The lowest BCUT2D eigenvalue weighted by Gasteiger charge is -2.25. The maximum absolute atomic E-state index is 12.9. The van der Waals surface area contributed by atoms with Crippen LogP contribution in [0, 0.1) is 0 Å². The van der Waals surface area contributed by atoms with Gasteiger partial charge in [0.2, 0.25) is 0 Å². The molecule has 0 radical (unpaired) electrons. The van der Waals surface area contributed by atoms with Gasteiger partial charge in [-0.2, -0.15) is 0 Å². The van der Waals surface area contributed by atoms with Gasteiger partial charge < -0.3 is 10.1 Å². The summed E-state index contributed by atoms with van der Waals surface area (Å²) in [6.07, 6.45) is 0.0945. The number of ether oxygens (including phenoxy) is 1. The zero-order valence-corrected chi connectivity index (χ0v) is 16.7. The molecule has 0 saturated carbocycles. The molecule has 2 N–H and O–H groups in total. The minimum absolute atomic E-state index is 0.269. The fourth-order valence-electron chi connectivity index (χ4n) is 3.69. The monoisotopic (exact) mass is 427 g/mol. The number of hydrogen-bond acceptors (Lipinski definition) is 6. The SMILES string of the molecule is O=C(Nc1cccc(-c2noc(=O)[nH]2)c1)c1ccc2c(c1)CC(c1ccccc1)OC2=O. The van der Waals surface area contributed by atoms with E-state index in [0.29, 0.717) is 28.8 Å². The molecule has 8 nitrogen and oxygen atoms in total. The molecule has 1 atom stereocenters. The number of nitrogens with one attached hydrogen (secondary N) is 2. The van der Waals surface area contributed by atoms with Gasteiger partial charge in [-0.1, -0.05) is 47.6 Å². The van der Waals surface area contributed by atoms with Crippen LogP contribution in [0.15, 0.2) is 82.1 Å². The predicted molar refractivity (Wildman–Crippen MR) is 115 cm³/mol. The van der Waals surface area contributed by atoms with Crippen LogP contribution in [-0.4, -0.2) is 22.0 Å². The molecule has 2 heterocycles. The van der Waals surface area contributed by atoms with E-state index in [1.165, 1.54) is 0 Å². The van der Waals surface area contributed by atoms with Crippen molar-refractivity contribution in [3.8, 4) is 11.4 Å². The number of anilines is 1. The highest BCUT2D eigenvalue weighted by Crippen LogP contribution is 2.31. The van der Waals surface area contributed by atoms with Crippen molar-refractivity contribution in [1.29, 1.82) is 0 Å². The molecule has 0 bridgehead atoms. The second-order valence-electron chi connectivity index (χ2n) is 7.36. The molecule has 0 fully saturated rings. The number of amides is 1. The highest BCUT2D eigenvalue weighted by Gasteiger charge is 2.28. The average Bonchev–Trinajstić information content (AvgIpc) is 3.26. The van der Waals surface area contributed by atoms with Crippen molar-refractivity contribution in [3.05, 3.63) is 106 Å². The van der Waals surface area contributed by atoms with Gasteiger partial charge in [0, 0.05) is 23.2 Å². The summed E-state index contributed by atoms with van der Waals surface area (Å²) in [4.78, 5) is 39.0. The van der Waals surface area contributed by atoms with Crippen molar-refractivity contribution in [3.63, 3.8) is 0 Å². The predicted octanol–water partition coefficient (Wildman–Crippen LogP) is 3.74. The number of aromatic nitrogens is 2. The summed E-state index contributed by atoms with van der Waals surface area (Å²) in [6.45, 7) is 0. The zero-order valence-electron chi connectivity index (χ0n) is 16.7. The fraction of sp³-hybridized carbons (Fsp3) is 0.0833. The number of esters is 1. The number of hydrogen-bond donors (Lipinski definition) is 2. The van der Waals surface area contributed by atoms with Crippen LogP contribution in [0.3, 0.4) is 0 Å². The van der Waals surface area contributed by atoms with Gasteiger partial charge in [0.25, 0.3) is 5.91 Å². The van der Waals surface area contributed by atoms with Gasteiger partial charge in [0.1, 0.15) is 6.10 Å². The molecule has 1 aliphatic heterocycles. The summed E-state index contributed by atoms with van der Waals surface area (Å²) in [5, 5.41) is 6.48. The summed E-state index contributed by atoms with van der Waals surface area (Å²) in [6, 6.07) is 21.3. The summed E-state index contributed by atoms with van der Waals surface area (Å²) < 4.78 is 10.1. The van der Waals surface area contributed by atoms with E-state index in [-0.39, 0.29) is 11.7 Å². The molecule has 5 rings (SSSR count). The third-order valence-corrected chi connectivity index (χ3v) is 5.25. The van der Waals surface area contributed by atoms with Gasteiger partial charge in [-0.3, -0.25) is 14.3 Å². The Morgan fingerprint density at radius 1 is 1.00 bits per heavy atom. The molecule has 32 heavy (non-hydrogen) atoms. The molecule has 158 valence electrons. The van der Waals surface area contributed by atoms with Crippen molar-refractivity contribution in [2.45, 2.75) is 12.5 Å². The third-order valence-electron chi connectivity index (χ3n) is 5.25. The molecule has 1 aromatic heterocycles. The van der Waals surface area contributed by atoms with Crippen molar-refractivity contribution in [2.24, 2.45) is 0 Å². The zero-order chi connectivity index (χ0) is 22.1. The number of fused-ring (bicyclic) bond motifs is 1. The molecule has 8 heteroatoms. The largest absolute Gasteiger partial charge is 0.454 e. The highest BCUT2D eigenvalue weighted by atomic mass is 16.5. The Bertz CT molecular complexity index is 1370. The second kappa shape index (κ2) is 7.99. The first-order valence-electron chi connectivity index (χ1n) is 9.93. The summed E-state index contributed by atoms with van der Waals surface area (Å²) in [7, 11) is 0. The smallest absolute Gasteiger partial charge is 0.439 e. The van der Waals surface area contributed by atoms with Crippen molar-refractivity contribution >= 4 is 17.6 Å². The average molecular weight is 427 g/mol. The first-order valence-corrected chi connectivity index (χ1v) is 9.93. The number of H-pyrrole nitrogens is 1. The van der Waals surface area contributed by atoms with Crippen LogP contribution in [0.25, 0.3) is 11.4 Å². The van der Waals surface area contributed by atoms with Crippen LogP contribution < -0.4 is 11.1 Å². The standard InChI is InChI=1S/C24H17N3O5/c28-22(25-18-8-4-7-15(12-18)21-26-24(30)32-27-21)16-9-10-19-17(11-16)13-20(31-23(19)29)14-5-2-1-3-6-14/h1-12,20H,13H2,(H,25,28)(H,26,27,30). The summed E-state index contributed by atoms with van der Waals surface area (Å²) >= 11 is 0. The van der Waals surface area contributed by atoms with Gasteiger partial charge in [-0.05, 0) is 41.5 Å². The van der Waals surface area contributed by atoms with Crippen molar-refractivity contribution in [1.82, 2.24) is 10.1 Å². The molecule has 1 amide bonds. The van der Waals surface area contributed by atoms with Gasteiger partial charge in [0.05, 0.1) is 5.56 Å². The Morgan fingerprint density at radius 3 is 2.62 bits per heavy atom. The van der Waals surface area contributed by atoms with Crippen molar-refractivity contribution in [2.75, 3.05) is 5.32 Å². The van der Waals surface area contributed by atoms with Gasteiger partial charge in [-0.15, -0.1) is 0 Å².